The average Bonchev–Trinajstić information content (AvgIpc) is 3.73. The molecule has 7 aromatic carbocycles. The second-order valence-electron chi connectivity index (χ2n) is 14.3. The molecule has 0 N–H and O–H groups in total. The third-order valence-electron chi connectivity index (χ3n) is 11.6. The van der Waals surface area contributed by atoms with Crippen molar-refractivity contribution in [2.45, 2.75) is 24.8 Å². The maximum atomic E-state index is 2.57. The molecule has 2 atom stereocenters. The Hall–Kier alpha value is -6.18. The van der Waals surface area contributed by atoms with Crippen molar-refractivity contribution in [2.24, 2.45) is 0 Å². The van der Waals surface area contributed by atoms with E-state index >= 15 is 0 Å². The molecular formula is C50H35N. The minimum absolute atomic E-state index is 0.262. The van der Waals surface area contributed by atoms with Gasteiger partial charge in [-0.05, 0) is 120 Å². The summed E-state index contributed by atoms with van der Waals surface area (Å²) in [6.45, 7) is 0. The SMILES string of the molecule is C1=CC2=C(C=CC3C2c2ccccc2N3c2ccc(-c3cc(-c4ccccc4)c4c(c3-c3ccccc3)-c3cccc5cccc-4c35)cc2)CC1. The first-order valence-electron chi connectivity index (χ1n) is 18.2. The first-order valence-corrected chi connectivity index (χ1v) is 18.2. The Kier molecular flexibility index (Phi) is 6.27. The molecule has 0 aromatic heterocycles. The predicted molar refractivity (Wildman–Crippen MR) is 214 cm³/mol. The smallest absolute Gasteiger partial charge is 0.0635 e. The number of rotatable bonds is 4. The van der Waals surface area contributed by atoms with Gasteiger partial charge in [-0.15, -0.1) is 0 Å². The highest BCUT2D eigenvalue weighted by atomic mass is 15.2. The summed E-state index contributed by atoms with van der Waals surface area (Å²) in [6, 6.07) is 56.7. The van der Waals surface area contributed by atoms with E-state index in [0.717, 1.165) is 12.8 Å². The molecule has 0 saturated heterocycles. The zero-order valence-corrected chi connectivity index (χ0v) is 28.3. The van der Waals surface area contributed by atoms with Crippen LogP contribution in [-0.4, -0.2) is 6.04 Å². The van der Waals surface area contributed by atoms with Crippen LogP contribution in [-0.2, 0) is 0 Å². The Morgan fingerprint density at radius 2 is 1.18 bits per heavy atom. The lowest BCUT2D eigenvalue weighted by atomic mass is 9.78. The van der Waals surface area contributed by atoms with Crippen LogP contribution in [0.4, 0.5) is 11.4 Å². The Bertz CT molecular complexity index is 2620. The van der Waals surface area contributed by atoms with Crippen LogP contribution >= 0.6 is 0 Å². The van der Waals surface area contributed by atoms with Gasteiger partial charge in [0.25, 0.3) is 0 Å². The van der Waals surface area contributed by atoms with Gasteiger partial charge in [0, 0.05) is 17.3 Å². The summed E-state index contributed by atoms with van der Waals surface area (Å²) in [5.74, 6) is 0.358. The van der Waals surface area contributed by atoms with E-state index in [1.54, 1.807) is 0 Å². The molecular weight excluding hydrogens is 615 g/mol. The van der Waals surface area contributed by atoms with Crippen molar-refractivity contribution in [1.29, 1.82) is 0 Å². The molecule has 7 aromatic rings. The van der Waals surface area contributed by atoms with Crippen LogP contribution in [0, 0.1) is 0 Å². The molecule has 0 fully saturated rings. The number of allylic oxidation sites excluding steroid dienone is 4. The van der Waals surface area contributed by atoms with Crippen molar-refractivity contribution in [3.05, 3.63) is 193 Å². The number of hydrogen-bond donors (Lipinski definition) is 0. The molecule has 51 heavy (non-hydrogen) atoms. The van der Waals surface area contributed by atoms with Crippen molar-refractivity contribution in [3.63, 3.8) is 0 Å². The van der Waals surface area contributed by atoms with Crippen molar-refractivity contribution in [3.8, 4) is 55.6 Å². The fourth-order valence-electron chi connectivity index (χ4n) is 9.49. The van der Waals surface area contributed by atoms with Gasteiger partial charge in [-0.25, -0.2) is 0 Å². The molecule has 2 unspecified atom stereocenters. The summed E-state index contributed by atoms with van der Waals surface area (Å²) in [6.07, 6.45) is 11.9. The molecule has 1 nitrogen and oxygen atoms in total. The van der Waals surface area contributed by atoms with Crippen LogP contribution in [0.3, 0.4) is 0 Å². The molecule has 1 heterocycles. The highest BCUT2D eigenvalue weighted by Crippen LogP contribution is 2.58. The summed E-state index contributed by atoms with van der Waals surface area (Å²) >= 11 is 0. The number of benzene rings is 7. The topological polar surface area (TPSA) is 3.24 Å². The lowest BCUT2D eigenvalue weighted by Gasteiger charge is -2.33. The van der Waals surface area contributed by atoms with Crippen molar-refractivity contribution >= 4 is 22.1 Å². The fourth-order valence-corrected chi connectivity index (χ4v) is 9.49. The van der Waals surface area contributed by atoms with Gasteiger partial charge in [-0.2, -0.15) is 0 Å². The standard InChI is InChI=1S/C50H35N/c1-3-13-32(14-4-1)43-31-42(47(36-16-5-2-6-17-36)50-41-23-12-19-35-18-11-22-40(46(35)41)49(43)50)34-25-28-37(29-26-34)51-44-24-10-9-21-39(44)48-38-20-8-7-15-33(38)27-30-45(48)51/h1-6,8-14,16-31,45,48H,7,15H2. The second-order valence-corrected chi connectivity index (χ2v) is 14.3. The Morgan fingerprint density at radius 1 is 0.510 bits per heavy atom. The molecule has 11 rings (SSSR count). The van der Waals surface area contributed by atoms with Gasteiger partial charge in [0.15, 0.2) is 0 Å². The first kappa shape index (κ1) is 28.6. The van der Waals surface area contributed by atoms with Gasteiger partial charge < -0.3 is 4.90 Å². The molecule has 0 spiro atoms. The van der Waals surface area contributed by atoms with Crippen molar-refractivity contribution < 1.29 is 0 Å². The normalized spacial score (nSPS) is 17.8. The summed E-state index contributed by atoms with van der Waals surface area (Å²) < 4.78 is 0. The van der Waals surface area contributed by atoms with E-state index in [1.807, 2.05) is 0 Å². The molecule has 3 aliphatic carbocycles. The minimum atomic E-state index is 0.262. The monoisotopic (exact) mass is 649 g/mol. The molecule has 0 radical (unpaired) electrons. The van der Waals surface area contributed by atoms with E-state index in [9.17, 15) is 0 Å². The van der Waals surface area contributed by atoms with Crippen LogP contribution in [0.2, 0.25) is 0 Å². The minimum Gasteiger partial charge on any atom is -0.333 e. The van der Waals surface area contributed by atoms with E-state index in [-0.39, 0.29) is 6.04 Å². The molecule has 0 amide bonds. The van der Waals surface area contributed by atoms with E-state index in [1.165, 1.54) is 94.5 Å². The van der Waals surface area contributed by atoms with Crippen LogP contribution in [0.25, 0.3) is 66.4 Å². The maximum Gasteiger partial charge on any atom is 0.0635 e. The summed E-state index contributed by atoms with van der Waals surface area (Å²) in [7, 11) is 0. The summed E-state index contributed by atoms with van der Waals surface area (Å²) in [5.41, 5.74) is 19.8. The molecule has 0 saturated carbocycles. The van der Waals surface area contributed by atoms with E-state index in [0.29, 0.717) is 5.92 Å². The Labute approximate surface area is 299 Å². The first-order chi connectivity index (χ1) is 25.3. The van der Waals surface area contributed by atoms with E-state index < -0.39 is 0 Å². The van der Waals surface area contributed by atoms with E-state index in [2.05, 4.69) is 181 Å². The maximum absolute atomic E-state index is 2.57. The van der Waals surface area contributed by atoms with Gasteiger partial charge >= 0.3 is 0 Å². The van der Waals surface area contributed by atoms with Crippen LogP contribution in [0.15, 0.2) is 187 Å². The second kappa shape index (κ2) is 11.2. The molecule has 240 valence electrons. The van der Waals surface area contributed by atoms with Crippen LogP contribution < -0.4 is 4.90 Å². The van der Waals surface area contributed by atoms with Gasteiger partial charge in [0.05, 0.1) is 6.04 Å². The van der Waals surface area contributed by atoms with Gasteiger partial charge in [0.1, 0.15) is 0 Å². The van der Waals surface area contributed by atoms with Crippen molar-refractivity contribution in [1.82, 2.24) is 0 Å². The zero-order chi connectivity index (χ0) is 33.5. The fraction of sp³-hybridized carbons (Fsp3) is 0.0800. The summed E-state index contributed by atoms with van der Waals surface area (Å²) in [4.78, 5) is 2.57. The highest BCUT2D eigenvalue weighted by Gasteiger charge is 2.41. The zero-order valence-electron chi connectivity index (χ0n) is 28.3. The number of hydrogen-bond acceptors (Lipinski definition) is 1. The number of para-hydroxylation sites is 1. The average molecular weight is 650 g/mol. The van der Waals surface area contributed by atoms with Crippen LogP contribution in [0.5, 0.6) is 0 Å². The van der Waals surface area contributed by atoms with Gasteiger partial charge in [0.2, 0.25) is 0 Å². The molecule has 0 bridgehead atoms. The lowest BCUT2D eigenvalue weighted by molar-refractivity contribution is 0.701. The van der Waals surface area contributed by atoms with E-state index in [4.69, 9.17) is 0 Å². The third-order valence-corrected chi connectivity index (χ3v) is 11.6. The van der Waals surface area contributed by atoms with Crippen LogP contribution in [0.1, 0.15) is 24.3 Å². The highest BCUT2D eigenvalue weighted by molar-refractivity contribution is 6.22. The molecule has 1 heteroatoms. The number of anilines is 2. The molecule has 1 aliphatic heterocycles. The number of fused-ring (bicyclic) bond motifs is 7. The van der Waals surface area contributed by atoms with Gasteiger partial charge in [-0.1, -0.05) is 152 Å². The Morgan fingerprint density at radius 3 is 1.96 bits per heavy atom. The quantitative estimate of drug-likeness (QED) is 0.183. The van der Waals surface area contributed by atoms with Gasteiger partial charge in [-0.3, -0.25) is 0 Å². The van der Waals surface area contributed by atoms with Crippen molar-refractivity contribution in [2.75, 3.05) is 4.90 Å². The summed E-state index contributed by atoms with van der Waals surface area (Å²) in [5, 5.41) is 2.64. The number of nitrogens with zero attached hydrogens (tertiary/aromatic N) is 1. The predicted octanol–water partition coefficient (Wildman–Crippen LogP) is 13.3. The molecule has 4 aliphatic rings. The largest absolute Gasteiger partial charge is 0.333 e. The lowest BCUT2D eigenvalue weighted by Crippen LogP contribution is -2.31. The Balaban J connectivity index is 1.12. The third kappa shape index (κ3) is 4.22.